The van der Waals surface area contributed by atoms with Crippen molar-refractivity contribution in [1.82, 2.24) is 19.9 Å². The van der Waals surface area contributed by atoms with Crippen molar-refractivity contribution in [2.75, 3.05) is 0 Å². The van der Waals surface area contributed by atoms with Gasteiger partial charge in [0, 0.05) is 23.0 Å². The van der Waals surface area contributed by atoms with E-state index in [4.69, 9.17) is 19.4 Å². The second-order valence-electron chi connectivity index (χ2n) is 9.53. The smallest absolute Gasteiger partial charge is 0.226 e. The van der Waals surface area contributed by atoms with Crippen molar-refractivity contribution >= 4 is 16.7 Å². The third-order valence-electron chi connectivity index (χ3n) is 6.85. The van der Waals surface area contributed by atoms with E-state index in [1.807, 2.05) is 37.3 Å². The minimum Gasteiger partial charge on any atom is -0.436 e. The molecule has 184 valence electrons. The van der Waals surface area contributed by atoms with E-state index in [-0.39, 0.29) is 35.3 Å². The van der Waals surface area contributed by atoms with Crippen LogP contribution >= 0.6 is 0 Å². The Morgan fingerprint density at radius 3 is 2.08 bits per heavy atom. The molecule has 4 aromatic rings. The van der Waals surface area contributed by atoms with Gasteiger partial charge in [-0.3, -0.25) is 0 Å². The van der Waals surface area contributed by atoms with E-state index in [1.165, 1.54) is 18.2 Å². The lowest BCUT2D eigenvalue weighted by Crippen LogP contribution is -2.19. The van der Waals surface area contributed by atoms with Crippen LogP contribution in [0.25, 0.3) is 28.1 Å². The van der Waals surface area contributed by atoms with Gasteiger partial charge in [0.15, 0.2) is 11.4 Å². The molecule has 37 heavy (non-hydrogen) atoms. The van der Waals surface area contributed by atoms with Crippen LogP contribution < -0.4 is 0 Å². The number of hydrogen-bond acceptors (Lipinski definition) is 5. The summed E-state index contributed by atoms with van der Waals surface area (Å²) in [6, 6.07) is 13.8. The summed E-state index contributed by atoms with van der Waals surface area (Å²) in [6.07, 6.45) is 11.0. The second-order valence-corrected chi connectivity index (χ2v) is 9.53. The van der Waals surface area contributed by atoms with Gasteiger partial charge in [-0.25, -0.2) is 28.7 Å². The highest BCUT2D eigenvalue weighted by Gasteiger charge is 2.28. The first-order valence-corrected chi connectivity index (χ1v) is 12.3. The Labute approximate surface area is 213 Å². The number of nitrogens with zero attached hydrogens (tertiary/aromatic N) is 4. The van der Waals surface area contributed by atoms with Gasteiger partial charge in [-0.1, -0.05) is 50.3 Å². The number of hydrogen-bond donors (Lipinski definition) is 0. The second kappa shape index (κ2) is 9.32. The Bertz CT molecular complexity index is 1570. The van der Waals surface area contributed by atoms with E-state index in [2.05, 4.69) is 24.1 Å². The van der Waals surface area contributed by atoms with E-state index >= 15 is 0 Å². The summed E-state index contributed by atoms with van der Waals surface area (Å²) < 4.78 is 33.4. The standard InChI is InChI=1S/C30H24F2N4O/c1-17-15-20(30-33-25-5-3-4-6-26(25)37-30)9-13-23(17)28-34-27(19-7-10-21(31)11-8-19)35-29(36-28)24-14-12-22(32)16-18(24)2/h3-18,23-24H,1-2H3. The van der Waals surface area contributed by atoms with Crippen LogP contribution in [0.4, 0.5) is 8.78 Å². The first-order valence-electron chi connectivity index (χ1n) is 12.3. The maximum absolute atomic E-state index is 13.8. The molecular formula is C30H24F2N4O. The molecule has 0 saturated heterocycles. The van der Waals surface area contributed by atoms with Crippen LogP contribution in [-0.4, -0.2) is 19.9 Å². The van der Waals surface area contributed by atoms with Crippen LogP contribution in [-0.2, 0) is 0 Å². The van der Waals surface area contributed by atoms with Gasteiger partial charge >= 0.3 is 0 Å². The zero-order valence-corrected chi connectivity index (χ0v) is 20.3. The summed E-state index contributed by atoms with van der Waals surface area (Å²) in [4.78, 5) is 19.0. The average molecular weight is 495 g/mol. The number of halogens is 2. The highest BCUT2D eigenvalue weighted by atomic mass is 19.1. The summed E-state index contributed by atoms with van der Waals surface area (Å²) in [5, 5.41) is 0. The third-order valence-corrected chi connectivity index (χ3v) is 6.85. The van der Waals surface area contributed by atoms with E-state index in [0.29, 0.717) is 28.9 Å². The monoisotopic (exact) mass is 494 g/mol. The van der Waals surface area contributed by atoms with Crippen molar-refractivity contribution in [3.63, 3.8) is 0 Å². The molecule has 0 spiro atoms. The fourth-order valence-corrected chi connectivity index (χ4v) is 4.82. The van der Waals surface area contributed by atoms with Crippen LogP contribution in [0.15, 0.2) is 95.2 Å². The van der Waals surface area contributed by atoms with Gasteiger partial charge in [-0.15, -0.1) is 0 Å². The first-order chi connectivity index (χ1) is 17.9. The minimum atomic E-state index is -0.330. The Kier molecular flexibility index (Phi) is 5.83. The molecular weight excluding hydrogens is 470 g/mol. The molecule has 2 heterocycles. The largest absolute Gasteiger partial charge is 0.436 e. The molecule has 5 nitrogen and oxygen atoms in total. The number of fused-ring (bicyclic) bond motifs is 1. The summed E-state index contributed by atoms with van der Waals surface area (Å²) in [5.74, 6) is 1.21. The molecule has 4 atom stereocenters. The lowest BCUT2D eigenvalue weighted by molar-refractivity contribution is 0.541. The van der Waals surface area contributed by atoms with Gasteiger partial charge in [0.25, 0.3) is 0 Å². The lowest BCUT2D eigenvalue weighted by atomic mass is 9.85. The molecule has 0 radical (unpaired) electrons. The molecule has 2 aromatic heterocycles. The summed E-state index contributed by atoms with van der Waals surface area (Å²) in [6.45, 7) is 4.03. The summed E-state index contributed by atoms with van der Waals surface area (Å²) >= 11 is 0. The quantitative estimate of drug-likeness (QED) is 0.297. The highest BCUT2D eigenvalue weighted by Crippen LogP contribution is 2.36. The average Bonchev–Trinajstić information content (AvgIpc) is 3.33. The number of allylic oxidation sites excluding steroid dienone is 8. The molecule has 6 rings (SSSR count). The van der Waals surface area contributed by atoms with Gasteiger partial charge in [-0.2, -0.15) is 0 Å². The zero-order chi connectivity index (χ0) is 25.5. The normalized spacial score (nSPS) is 23.2. The van der Waals surface area contributed by atoms with Crippen molar-refractivity contribution in [2.45, 2.75) is 25.7 Å². The van der Waals surface area contributed by atoms with Crippen molar-refractivity contribution in [1.29, 1.82) is 0 Å². The first kappa shape index (κ1) is 23.2. The zero-order valence-electron chi connectivity index (χ0n) is 20.3. The molecule has 2 aromatic carbocycles. The van der Waals surface area contributed by atoms with Gasteiger partial charge in [0.05, 0.1) is 0 Å². The van der Waals surface area contributed by atoms with Crippen LogP contribution in [0, 0.1) is 17.7 Å². The van der Waals surface area contributed by atoms with Gasteiger partial charge in [0.1, 0.15) is 28.8 Å². The van der Waals surface area contributed by atoms with E-state index < -0.39 is 0 Å². The molecule has 0 fully saturated rings. The highest BCUT2D eigenvalue weighted by molar-refractivity contribution is 5.78. The molecule has 0 bridgehead atoms. The van der Waals surface area contributed by atoms with Gasteiger partial charge in [-0.05, 0) is 60.4 Å². The molecule has 0 aliphatic heterocycles. The van der Waals surface area contributed by atoms with Crippen LogP contribution in [0.3, 0.4) is 0 Å². The predicted molar refractivity (Wildman–Crippen MR) is 138 cm³/mol. The van der Waals surface area contributed by atoms with Gasteiger partial charge < -0.3 is 4.42 Å². The van der Waals surface area contributed by atoms with Crippen molar-refractivity contribution in [3.05, 3.63) is 114 Å². The van der Waals surface area contributed by atoms with Crippen molar-refractivity contribution < 1.29 is 13.2 Å². The van der Waals surface area contributed by atoms with Crippen LogP contribution in [0.1, 0.15) is 43.2 Å². The number of aromatic nitrogens is 4. The Morgan fingerprint density at radius 2 is 1.41 bits per heavy atom. The maximum Gasteiger partial charge on any atom is 0.226 e. The lowest BCUT2D eigenvalue weighted by Gasteiger charge is -2.24. The van der Waals surface area contributed by atoms with Crippen LogP contribution in [0.5, 0.6) is 0 Å². The molecule has 2 aliphatic rings. The molecule has 2 aliphatic carbocycles. The third kappa shape index (κ3) is 4.53. The van der Waals surface area contributed by atoms with Crippen molar-refractivity contribution in [2.24, 2.45) is 11.8 Å². The SMILES string of the molecule is CC1C=C(F)C=CC1c1nc(-c2ccc(F)cc2)nc(C2C=CC(c3nc4ccccc4o3)=CC2C)n1. The number of para-hydroxylation sites is 2. The molecule has 0 N–H and O–H groups in total. The Hall–Kier alpha value is -4.26. The Balaban J connectivity index is 1.38. The van der Waals surface area contributed by atoms with Gasteiger partial charge in [0.2, 0.25) is 5.89 Å². The molecule has 0 saturated carbocycles. The summed E-state index contributed by atoms with van der Waals surface area (Å²) in [7, 11) is 0. The van der Waals surface area contributed by atoms with Crippen LogP contribution in [0.2, 0.25) is 0 Å². The van der Waals surface area contributed by atoms with Crippen molar-refractivity contribution in [3.8, 4) is 11.4 Å². The van der Waals surface area contributed by atoms with E-state index in [0.717, 1.165) is 16.7 Å². The number of rotatable bonds is 4. The number of benzene rings is 2. The predicted octanol–water partition coefficient (Wildman–Crippen LogP) is 7.33. The molecule has 7 heteroatoms. The maximum atomic E-state index is 13.8. The topological polar surface area (TPSA) is 64.7 Å². The molecule has 4 unspecified atom stereocenters. The minimum absolute atomic E-state index is 0.0444. The van der Waals surface area contributed by atoms with E-state index in [1.54, 1.807) is 24.3 Å². The summed E-state index contributed by atoms with van der Waals surface area (Å²) in [5.41, 5.74) is 3.15. The number of oxazole rings is 1. The Morgan fingerprint density at radius 1 is 0.730 bits per heavy atom. The fraction of sp³-hybridized carbons (Fsp3) is 0.200. The molecule has 0 amide bonds. The fourth-order valence-electron chi connectivity index (χ4n) is 4.82. The van der Waals surface area contributed by atoms with E-state index in [9.17, 15) is 8.78 Å².